The number of rotatable bonds is 3. The molecule has 1 rings (SSSR count). The fourth-order valence-corrected chi connectivity index (χ4v) is 2.52. The highest BCUT2D eigenvalue weighted by molar-refractivity contribution is 5.95. The summed E-state index contributed by atoms with van der Waals surface area (Å²) in [6, 6.07) is 0. The van der Waals surface area contributed by atoms with Gasteiger partial charge in [-0.25, -0.2) is 0 Å². The second kappa shape index (κ2) is 5.87. The fraction of sp³-hybridized carbons (Fsp3) is 0.833. The largest absolute Gasteiger partial charge is 0.468 e. The van der Waals surface area contributed by atoms with Crippen LogP contribution in [0.1, 0.15) is 32.6 Å². The molecular formula is C12H20O4. The lowest BCUT2D eigenvalue weighted by atomic mass is 9.75. The lowest BCUT2D eigenvalue weighted by Gasteiger charge is -2.30. The summed E-state index contributed by atoms with van der Waals surface area (Å²) in [4.78, 5) is 23.2. The summed E-state index contributed by atoms with van der Waals surface area (Å²) in [6.07, 6.45) is 4.04. The predicted octanol–water partition coefficient (Wildman–Crippen LogP) is 1.77. The summed E-state index contributed by atoms with van der Waals surface area (Å²) >= 11 is 0. The van der Waals surface area contributed by atoms with E-state index in [-0.39, 0.29) is 5.92 Å². The third-order valence-electron chi connectivity index (χ3n) is 3.36. The van der Waals surface area contributed by atoms with Crippen LogP contribution >= 0.6 is 0 Å². The zero-order valence-corrected chi connectivity index (χ0v) is 10.2. The molecule has 0 aromatic carbocycles. The van der Waals surface area contributed by atoms with Crippen LogP contribution in [0.5, 0.6) is 0 Å². The quantitative estimate of drug-likeness (QED) is 0.545. The van der Waals surface area contributed by atoms with E-state index in [2.05, 4.69) is 16.4 Å². The topological polar surface area (TPSA) is 52.6 Å². The molecule has 1 unspecified atom stereocenters. The van der Waals surface area contributed by atoms with Gasteiger partial charge in [0.05, 0.1) is 14.2 Å². The van der Waals surface area contributed by atoms with E-state index < -0.39 is 17.9 Å². The van der Waals surface area contributed by atoms with Gasteiger partial charge in [0.1, 0.15) is 0 Å². The SMILES string of the molecule is COC(=O)C(C(=O)OC)C1CCC[C@@H](C)C1. The summed E-state index contributed by atoms with van der Waals surface area (Å²) in [5.74, 6) is -1.03. The van der Waals surface area contributed by atoms with Gasteiger partial charge in [0, 0.05) is 0 Å². The maximum absolute atomic E-state index is 11.6. The molecule has 0 amide bonds. The molecule has 4 nitrogen and oxygen atoms in total. The Bertz CT molecular complexity index is 246. The third kappa shape index (κ3) is 2.97. The Labute approximate surface area is 96.3 Å². The minimum absolute atomic E-state index is 0.0728. The zero-order valence-electron chi connectivity index (χ0n) is 10.2. The van der Waals surface area contributed by atoms with Crippen molar-refractivity contribution in [3.63, 3.8) is 0 Å². The van der Waals surface area contributed by atoms with Crippen LogP contribution in [-0.4, -0.2) is 26.2 Å². The van der Waals surface area contributed by atoms with Crippen LogP contribution in [0.15, 0.2) is 0 Å². The maximum Gasteiger partial charge on any atom is 0.320 e. The van der Waals surface area contributed by atoms with Gasteiger partial charge in [0.15, 0.2) is 5.92 Å². The molecule has 0 bridgehead atoms. The summed E-state index contributed by atoms with van der Waals surface area (Å²) in [7, 11) is 2.62. The molecule has 0 aliphatic heterocycles. The molecule has 16 heavy (non-hydrogen) atoms. The zero-order chi connectivity index (χ0) is 12.1. The van der Waals surface area contributed by atoms with Crippen molar-refractivity contribution in [1.29, 1.82) is 0 Å². The minimum atomic E-state index is -0.738. The Morgan fingerprint density at radius 1 is 1.12 bits per heavy atom. The molecular weight excluding hydrogens is 208 g/mol. The van der Waals surface area contributed by atoms with Crippen molar-refractivity contribution in [3.8, 4) is 0 Å². The van der Waals surface area contributed by atoms with Crippen molar-refractivity contribution in [1.82, 2.24) is 0 Å². The van der Waals surface area contributed by atoms with Crippen LogP contribution in [0.4, 0.5) is 0 Å². The highest BCUT2D eigenvalue weighted by atomic mass is 16.5. The molecule has 0 radical (unpaired) electrons. The predicted molar refractivity (Wildman–Crippen MR) is 58.6 cm³/mol. The van der Waals surface area contributed by atoms with E-state index in [0.29, 0.717) is 5.92 Å². The van der Waals surface area contributed by atoms with Gasteiger partial charge in [0.2, 0.25) is 0 Å². The van der Waals surface area contributed by atoms with E-state index in [0.717, 1.165) is 19.3 Å². The van der Waals surface area contributed by atoms with Crippen LogP contribution in [0.3, 0.4) is 0 Å². The van der Waals surface area contributed by atoms with Gasteiger partial charge in [-0.15, -0.1) is 0 Å². The second-order valence-electron chi connectivity index (χ2n) is 4.56. The smallest absolute Gasteiger partial charge is 0.320 e. The summed E-state index contributed by atoms with van der Waals surface area (Å²) in [5.41, 5.74) is 0. The molecule has 1 aliphatic rings. The average Bonchev–Trinajstić information content (AvgIpc) is 2.29. The Kier molecular flexibility index (Phi) is 4.77. The van der Waals surface area contributed by atoms with E-state index in [1.54, 1.807) is 0 Å². The molecule has 1 fully saturated rings. The molecule has 92 valence electrons. The van der Waals surface area contributed by atoms with Gasteiger partial charge < -0.3 is 9.47 Å². The van der Waals surface area contributed by atoms with E-state index in [1.165, 1.54) is 20.6 Å². The number of hydrogen-bond acceptors (Lipinski definition) is 4. The van der Waals surface area contributed by atoms with Gasteiger partial charge >= 0.3 is 11.9 Å². The van der Waals surface area contributed by atoms with Crippen molar-refractivity contribution < 1.29 is 19.1 Å². The number of carbonyl (C=O) groups excluding carboxylic acids is 2. The van der Waals surface area contributed by atoms with Crippen LogP contribution in [0, 0.1) is 17.8 Å². The van der Waals surface area contributed by atoms with Crippen molar-refractivity contribution in [2.45, 2.75) is 32.6 Å². The van der Waals surface area contributed by atoms with Gasteiger partial charge in [-0.2, -0.15) is 0 Å². The van der Waals surface area contributed by atoms with Gasteiger partial charge in [-0.3, -0.25) is 9.59 Å². The first kappa shape index (κ1) is 13.0. The van der Waals surface area contributed by atoms with E-state index in [1.807, 2.05) is 0 Å². The lowest BCUT2D eigenvalue weighted by molar-refractivity contribution is -0.162. The summed E-state index contributed by atoms with van der Waals surface area (Å²) in [5, 5.41) is 0. The molecule has 0 saturated heterocycles. The van der Waals surface area contributed by atoms with Crippen LogP contribution < -0.4 is 0 Å². The molecule has 4 heteroatoms. The number of methoxy groups -OCH3 is 2. The van der Waals surface area contributed by atoms with Crippen molar-refractivity contribution in [2.24, 2.45) is 17.8 Å². The number of carbonyl (C=O) groups is 2. The molecule has 0 N–H and O–H groups in total. The van der Waals surface area contributed by atoms with Gasteiger partial charge in [-0.05, 0) is 24.7 Å². The Balaban J connectivity index is 2.75. The molecule has 1 saturated carbocycles. The first-order valence-corrected chi connectivity index (χ1v) is 5.75. The van der Waals surface area contributed by atoms with Crippen molar-refractivity contribution in [2.75, 3.05) is 14.2 Å². The molecule has 0 spiro atoms. The minimum Gasteiger partial charge on any atom is -0.468 e. The number of hydrogen-bond donors (Lipinski definition) is 0. The third-order valence-corrected chi connectivity index (χ3v) is 3.36. The summed E-state index contributed by atoms with van der Waals surface area (Å²) in [6.45, 7) is 2.15. The summed E-state index contributed by atoms with van der Waals surface area (Å²) < 4.78 is 9.37. The lowest BCUT2D eigenvalue weighted by Crippen LogP contribution is -2.35. The van der Waals surface area contributed by atoms with E-state index >= 15 is 0 Å². The van der Waals surface area contributed by atoms with Crippen LogP contribution in [0.25, 0.3) is 0 Å². The van der Waals surface area contributed by atoms with Crippen LogP contribution in [0.2, 0.25) is 0 Å². The van der Waals surface area contributed by atoms with Crippen molar-refractivity contribution >= 4 is 11.9 Å². The average molecular weight is 228 g/mol. The van der Waals surface area contributed by atoms with Gasteiger partial charge in [-0.1, -0.05) is 19.8 Å². The molecule has 2 atom stereocenters. The first-order chi connectivity index (χ1) is 7.60. The molecule has 0 aromatic rings. The molecule has 0 aromatic heterocycles. The standard InChI is InChI=1S/C12H20O4/c1-8-5-4-6-9(7-8)10(11(13)15-2)12(14)16-3/h8-10H,4-7H2,1-3H3/t8-,9?/m1/s1. The van der Waals surface area contributed by atoms with Gasteiger partial charge in [0.25, 0.3) is 0 Å². The van der Waals surface area contributed by atoms with E-state index in [9.17, 15) is 9.59 Å². The number of ether oxygens (including phenoxy) is 2. The first-order valence-electron chi connectivity index (χ1n) is 5.75. The molecule has 0 heterocycles. The highest BCUT2D eigenvalue weighted by Gasteiger charge is 2.38. The monoisotopic (exact) mass is 228 g/mol. The van der Waals surface area contributed by atoms with Crippen LogP contribution in [-0.2, 0) is 19.1 Å². The Morgan fingerprint density at radius 3 is 2.12 bits per heavy atom. The fourth-order valence-electron chi connectivity index (χ4n) is 2.52. The number of esters is 2. The normalized spacial score (nSPS) is 25.2. The van der Waals surface area contributed by atoms with Crippen molar-refractivity contribution in [3.05, 3.63) is 0 Å². The Hall–Kier alpha value is -1.06. The highest BCUT2D eigenvalue weighted by Crippen LogP contribution is 2.34. The van der Waals surface area contributed by atoms with E-state index in [4.69, 9.17) is 0 Å². The second-order valence-corrected chi connectivity index (χ2v) is 4.56. The maximum atomic E-state index is 11.6. The molecule has 1 aliphatic carbocycles. The Morgan fingerprint density at radius 2 is 1.69 bits per heavy atom.